The van der Waals surface area contributed by atoms with E-state index in [1.807, 2.05) is 13.8 Å². The van der Waals surface area contributed by atoms with Crippen LogP contribution in [0.2, 0.25) is 0 Å². The van der Waals surface area contributed by atoms with Gasteiger partial charge in [-0.1, -0.05) is 13.3 Å². The number of aromatic nitrogens is 4. The number of H-pyrrole nitrogens is 1. The van der Waals surface area contributed by atoms with Gasteiger partial charge in [-0.2, -0.15) is 0 Å². The lowest BCUT2D eigenvalue weighted by Crippen LogP contribution is -2.31. The number of hydrogen-bond donors (Lipinski definition) is 1. The quantitative estimate of drug-likeness (QED) is 0.236. The molecular formula is C21H21N5O6S. The summed E-state index contributed by atoms with van der Waals surface area (Å²) in [5.74, 6) is -0.259. The lowest BCUT2D eigenvalue weighted by molar-refractivity contribution is -0.384. The van der Waals surface area contributed by atoms with Gasteiger partial charge in [-0.3, -0.25) is 24.5 Å². The first kappa shape index (κ1) is 22.4. The fourth-order valence-corrected chi connectivity index (χ4v) is 4.58. The highest BCUT2D eigenvalue weighted by molar-refractivity contribution is 7.20. The van der Waals surface area contributed by atoms with Crippen molar-refractivity contribution < 1.29 is 14.5 Å². The van der Waals surface area contributed by atoms with E-state index in [1.54, 1.807) is 16.7 Å². The van der Waals surface area contributed by atoms with Crippen molar-refractivity contribution in [1.29, 1.82) is 0 Å². The maximum atomic E-state index is 12.6. The zero-order valence-corrected chi connectivity index (χ0v) is 18.8. The topological polar surface area (TPSA) is 142 Å². The number of nitro benzene ring substituents is 1. The van der Waals surface area contributed by atoms with Crippen molar-refractivity contribution in [2.75, 3.05) is 0 Å². The van der Waals surface area contributed by atoms with Gasteiger partial charge in [0, 0.05) is 35.3 Å². The Hall–Kier alpha value is -3.80. The maximum Gasteiger partial charge on any atom is 0.348 e. The first-order chi connectivity index (χ1) is 15.8. The lowest BCUT2D eigenvalue weighted by Gasteiger charge is -2.06. The third-order valence-electron chi connectivity index (χ3n) is 5.26. The lowest BCUT2D eigenvalue weighted by atomic mass is 10.2. The van der Waals surface area contributed by atoms with Crippen molar-refractivity contribution in [3.05, 3.63) is 65.9 Å². The monoisotopic (exact) mass is 471 g/mol. The van der Waals surface area contributed by atoms with Crippen molar-refractivity contribution in [1.82, 2.24) is 19.1 Å². The number of non-ortho nitro benzene ring substituents is 1. The highest BCUT2D eigenvalue weighted by Gasteiger charge is 2.20. The molecule has 1 N–H and O–H groups in total. The predicted octanol–water partition coefficient (Wildman–Crippen LogP) is 3.19. The van der Waals surface area contributed by atoms with Crippen molar-refractivity contribution in [2.24, 2.45) is 0 Å². The normalized spacial score (nSPS) is 11.3. The fourth-order valence-electron chi connectivity index (χ4n) is 3.64. The van der Waals surface area contributed by atoms with Crippen LogP contribution in [0.1, 0.15) is 42.2 Å². The average Bonchev–Trinajstić information content (AvgIpc) is 3.38. The third kappa shape index (κ3) is 4.16. The molecule has 12 heteroatoms. The summed E-state index contributed by atoms with van der Waals surface area (Å²) in [7, 11) is 0. The molecule has 4 rings (SSSR count). The minimum absolute atomic E-state index is 0.0591. The number of carbonyl (C=O) groups is 1. The van der Waals surface area contributed by atoms with Gasteiger partial charge in [0.2, 0.25) is 0 Å². The van der Waals surface area contributed by atoms with Crippen LogP contribution in [-0.2, 0) is 24.4 Å². The summed E-state index contributed by atoms with van der Waals surface area (Å²) >= 11 is 1.17. The van der Waals surface area contributed by atoms with Crippen LogP contribution in [0.4, 0.5) is 5.69 Å². The van der Waals surface area contributed by atoms with Gasteiger partial charge in [0.15, 0.2) is 11.2 Å². The maximum absolute atomic E-state index is 12.6. The molecule has 33 heavy (non-hydrogen) atoms. The second kappa shape index (κ2) is 8.98. The molecular weight excluding hydrogens is 450 g/mol. The number of fused-ring (bicyclic) bond motifs is 2. The number of carbonyl (C=O) groups excluding carboxylic acids is 1. The molecule has 3 aromatic heterocycles. The van der Waals surface area contributed by atoms with Crippen LogP contribution in [0.15, 0.2) is 33.9 Å². The molecule has 4 aromatic rings. The Labute approximate surface area is 190 Å². The van der Waals surface area contributed by atoms with E-state index < -0.39 is 22.1 Å². The molecule has 0 aliphatic heterocycles. The first-order valence-corrected chi connectivity index (χ1v) is 11.2. The number of benzene rings is 1. The minimum Gasteiger partial charge on any atom is -0.453 e. The highest BCUT2D eigenvalue weighted by atomic mass is 32.1. The molecule has 0 atom stereocenters. The summed E-state index contributed by atoms with van der Waals surface area (Å²) < 4.78 is 9.21. The minimum atomic E-state index is -0.606. The van der Waals surface area contributed by atoms with Crippen molar-refractivity contribution in [3.8, 4) is 0 Å². The number of unbranched alkanes of at least 4 members (excludes halogenated alkanes) is 1. The number of thiophene rings is 1. The number of nitrogens with zero attached hydrogens (tertiary/aromatic N) is 4. The Morgan fingerprint density at radius 3 is 2.73 bits per heavy atom. The molecule has 0 bridgehead atoms. The Kier molecular flexibility index (Phi) is 6.09. The second-order valence-corrected chi connectivity index (χ2v) is 8.46. The van der Waals surface area contributed by atoms with Crippen LogP contribution in [0.5, 0.6) is 0 Å². The van der Waals surface area contributed by atoms with E-state index in [-0.39, 0.29) is 23.5 Å². The van der Waals surface area contributed by atoms with Crippen LogP contribution in [-0.4, -0.2) is 30.0 Å². The van der Waals surface area contributed by atoms with Gasteiger partial charge in [0.25, 0.3) is 11.2 Å². The molecule has 0 amide bonds. The van der Waals surface area contributed by atoms with Crippen LogP contribution in [0, 0.1) is 10.1 Å². The van der Waals surface area contributed by atoms with Crippen LogP contribution in [0.3, 0.4) is 0 Å². The van der Waals surface area contributed by atoms with Gasteiger partial charge in [-0.05, 0) is 25.5 Å². The summed E-state index contributed by atoms with van der Waals surface area (Å²) in [5.41, 5.74) is -0.602. The van der Waals surface area contributed by atoms with E-state index in [0.29, 0.717) is 29.2 Å². The summed E-state index contributed by atoms with van der Waals surface area (Å²) in [5, 5.41) is 11.5. The number of esters is 1. The zero-order valence-electron chi connectivity index (χ0n) is 18.0. The molecule has 0 aliphatic rings. The molecule has 0 spiro atoms. The number of ether oxygens (including phenoxy) is 1. The largest absolute Gasteiger partial charge is 0.453 e. The number of imidazole rings is 1. The molecule has 0 fully saturated rings. The van der Waals surface area contributed by atoms with E-state index >= 15 is 0 Å². The van der Waals surface area contributed by atoms with E-state index in [9.17, 15) is 24.5 Å². The average molecular weight is 471 g/mol. The molecule has 0 saturated heterocycles. The number of nitro groups is 1. The SMILES string of the molecule is CCCCn1c(=O)[nH]c(=O)c2c1nc(COC(=O)c1cc3cc([N+](=O)[O-])ccc3s1)n2CC. The molecule has 3 heterocycles. The first-order valence-electron chi connectivity index (χ1n) is 10.4. The summed E-state index contributed by atoms with van der Waals surface area (Å²) in [6.45, 7) is 4.43. The Morgan fingerprint density at radius 1 is 1.24 bits per heavy atom. The van der Waals surface area contributed by atoms with Crippen LogP contribution >= 0.6 is 11.3 Å². The number of aromatic amines is 1. The van der Waals surface area contributed by atoms with Gasteiger partial charge in [-0.25, -0.2) is 14.6 Å². The molecule has 0 aliphatic carbocycles. The summed E-state index contributed by atoms with van der Waals surface area (Å²) in [4.78, 5) is 55.0. The molecule has 11 nitrogen and oxygen atoms in total. The standard InChI is InChI=1S/C21H21N5O6S/c1-3-5-8-25-18-17(19(27)23-21(25)29)24(4-2)16(22-18)11-32-20(28)15-10-12-9-13(26(30)31)6-7-14(12)33-15/h6-7,9-10H,3-5,8,11H2,1-2H3,(H,23,27,29). The van der Waals surface area contributed by atoms with Gasteiger partial charge in [0.1, 0.15) is 17.3 Å². The molecule has 172 valence electrons. The van der Waals surface area contributed by atoms with Gasteiger partial charge < -0.3 is 9.30 Å². The molecule has 0 saturated carbocycles. The number of rotatable bonds is 8. The second-order valence-electron chi connectivity index (χ2n) is 7.37. The Morgan fingerprint density at radius 2 is 2.03 bits per heavy atom. The third-order valence-corrected chi connectivity index (χ3v) is 6.36. The molecule has 1 aromatic carbocycles. The van der Waals surface area contributed by atoms with Crippen molar-refractivity contribution >= 4 is 44.2 Å². The van der Waals surface area contributed by atoms with Gasteiger partial charge >= 0.3 is 11.7 Å². The number of hydrogen-bond acceptors (Lipinski definition) is 8. The van der Waals surface area contributed by atoms with Gasteiger partial charge in [0.05, 0.1) is 4.92 Å². The summed E-state index contributed by atoms with van der Waals surface area (Å²) in [6, 6.07) is 5.92. The Balaban J connectivity index is 1.64. The highest BCUT2D eigenvalue weighted by Crippen LogP contribution is 2.29. The fraction of sp³-hybridized carbons (Fsp3) is 0.333. The van der Waals surface area contributed by atoms with Gasteiger partial charge in [-0.15, -0.1) is 11.3 Å². The molecule has 0 unspecified atom stereocenters. The van der Waals surface area contributed by atoms with E-state index in [2.05, 4.69) is 9.97 Å². The van der Waals surface area contributed by atoms with Crippen molar-refractivity contribution in [3.63, 3.8) is 0 Å². The number of nitrogens with one attached hydrogen (secondary N) is 1. The van der Waals surface area contributed by atoms with E-state index in [1.165, 1.54) is 28.0 Å². The smallest absolute Gasteiger partial charge is 0.348 e. The van der Waals surface area contributed by atoms with Crippen LogP contribution in [0.25, 0.3) is 21.3 Å². The zero-order chi connectivity index (χ0) is 23.7. The Bertz CT molecular complexity index is 1490. The molecule has 0 radical (unpaired) electrons. The van der Waals surface area contributed by atoms with E-state index in [4.69, 9.17) is 4.74 Å². The number of aryl methyl sites for hydroxylation is 2. The summed E-state index contributed by atoms with van der Waals surface area (Å²) in [6.07, 6.45) is 1.61. The van der Waals surface area contributed by atoms with E-state index in [0.717, 1.165) is 17.5 Å². The van der Waals surface area contributed by atoms with Crippen molar-refractivity contribution in [2.45, 2.75) is 46.4 Å². The predicted molar refractivity (Wildman–Crippen MR) is 123 cm³/mol. The van der Waals surface area contributed by atoms with Crippen LogP contribution < -0.4 is 11.2 Å².